The highest BCUT2D eigenvalue weighted by atomic mass is 16.5. The van der Waals surface area contributed by atoms with E-state index in [1.54, 1.807) is 36.7 Å². The molecule has 0 N–H and O–H groups in total. The second-order valence-electron chi connectivity index (χ2n) is 10.8. The first-order chi connectivity index (χ1) is 21.1. The average molecular weight is 578 g/mol. The van der Waals surface area contributed by atoms with Crippen LogP contribution in [0.2, 0.25) is 0 Å². The van der Waals surface area contributed by atoms with E-state index in [4.69, 9.17) is 24.2 Å². The van der Waals surface area contributed by atoms with Gasteiger partial charge in [-0.25, -0.2) is 9.78 Å². The molecule has 0 saturated carbocycles. The Morgan fingerprint density at radius 3 is 2.49 bits per heavy atom. The molecule has 220 valence electrons. The maximum Gasteiger partial charge on any atom is 0.337 e. The van der Waals surface area contributed by atoms with E-state index in [-0.39, 0.29) is 12.0 Å². The summed E-state index contributed by atoms with van der Waals surface area (Å²) in [6.07, 6.45) is 5.53. The zero-order valence-corrected chi connectivity index (χ0v) is 24.4. The Morgan fingerprint density at radius 2 is 1.79 bits per heavy atom. The van der Waals surface area contributed by atoms with Crippen molar-refractivity contribution in [2.75, 3.05) is 26.8 Å². The molecule has 2 aliphatic heterocycles. The number of aromatic nitrogens is 2. The van der Waals surface area contributed by atoms with Gasteiger partial charge in [0.2, 0.25) is 5.88 Å². The van der Waals surface area contributed by atoms with E-state index in [1.165, 1.54) is 18.2 Å². The summed E-state index contributed by atoms with van der Waals surface area (Å²) in [6, 6.07) is 26.3. The van der Waals surface area contributed by atoms with Gasteiger partial charge in [0.1, 0.15) is 12.4 Å². The number of pyridine rings is 2. The molecule has 0 unspecified atom stereocenters. The topological polar surface area (TPSA) is 89.4 Å². The first kappa shape index (κ1) is 28.4. The molecule has 0 spiro atoms. The number of benzene rings is 2. The van der Waals surface area contributed by atoms with Gasteiger partial charge < -0.3 is 19.1 Å². The normalized spacial score (nSPS) is 18.4. The summed E-state index contributed by atoms with van der Waals surface area (Å²) < 4.78 is 16.9. The first-order valence-electron chi connectivity index (χ1n) is 14.6. The van der Waals surface area contributed by atoms with Gasteiger partial charge in [-0.15, -0.1) is 0 Å². The number of hydrogen-bond acceptors (Lipinski definition) is 8. The fourth-order valence-electron chi connectivity index (χ4n) is 5.69. The van der Waals surface area contributed by atoms with Crippen LogP contribution in [0.3, 0.4) is 0 Å². The third-order valence-electron chi connectivity index (χ3n) is 7.99. The van der Waals surface area contributed by atoms with Crippen LogP contribution in [0.25, 0.3) is 0 Å². The second kappa shape index (κ2) is 13.0. The van der Waals surface area contributed by atoms with Crippen molar-refractivity contribution in [3.8, 4) is 11.6 Å². The van der Waals surface area contributed by atoms with Crippen molar-refractivity contribution in [2.45, 2.75) is 38.4 Å². The lowest BCUT2D eigenvalue weighted by atomic mass is 9.98. The summed E-state index contributed by atoms with van der Waals surface area (Å²) >= 11 is 0. The van der Waals surface area contributed by atoms with Crippen molar-refractivity contribution in [3.63, 3.8) is 0 Å². The number of piperidine rings is 1. The molecule has 0 radical (unpaired) electrons. The van der Waals surface area contributed by atoms with Crippen LogP contribution in [-0.2, 0) is 16.0 Å². The van der Waals surface area contributed by atoms with Crippen molar-refractivity contribution < 1.29 is 19.0 Å². The lowest BCUT2D eigenvalue weighted by molar-refractivity contribution is 0.0600. The number of esters is 1. The van der Waals surface area contributed by atoms with Crippen molar-refractivity contribution in [2.24, 2.45) is 4.99 Å². The molecule has 0 bridgehead atoms. The SMILES string of the molecule is COC(=O)c1ccc(Oc2ccc(CN3CCC(N4C(=Nc5cccnc5)OC[C@H]4c4ccccc4)CC3)c(C)n2)cc1. The van der Waals surface area contributed by atoms with Gasteiger partial charge in [0.05, 0.1) is 30.6 Å². The van der Waals surface area contributed by atoms with Crippen LogP contribution in [0.4, 0.5) is 5.69 Å². The van der Waals surface area contributed by atoms with Crippen LogP contribution in [0.5, 0.6) is 11.6 Å². The van der Waals surface area contributed by atoms with Gasteiger partial charge in [0.15, 0.2) is 0 Å². The minimum Gasteiger partial charge on any atom is -0.465 e. The molecule has 9 nitrogen and oxygen atoms in total. The van der Waals surface area contributed by atoms with Crippen LogP contribution in [0.15, 0.2) is 96.2 Å². The van der Waals surface area contributed by atoms with Gasteiger partial charge in [-0.3, -0.25) is 9.88 Å². The van der Waals surface area contributed by atoms with Crippen molar-refractivity contribution in [1.82, 2.24) is 19.8 Å². The highest BCUT2D eigenvalue weighted by molar-refractivity contribution is 5.89. The Labute approximate surface area is 251 Å². The van der Waals surface area contributed by atoms with E-state index >= 15 is 0 Å². The number of likely N-dealkylation sites (tertiary alicyclic amines) is 1. The zero-order valence-electron chi connectivity index (χ0n) is 24.4. The standard InChI is InChI=1S/C34H35N5O4/c1-24-27(12-15-32(36-24)43-30-13-10-26(11-14-30)33(40)41-2)22-38-19-16-29(17-20-38)39-31(25-7-4-3-5-8-25)23-42-34(39)37-28-9-6-18-35-21-28/h3-15,18,21,29,31H,16-17,19-20,22-23H2,1-2H3/t31-/m0/s1. The predicted molar refractivity (Wildman–Crippen MR) is 163 cm³/mol. The van der Waals surface area contributed by atoms with E-state index in [0.717, 1.165) is 43.9 Å². The molecule has 0 aliphatic carbocycles. The molecule has 4 aromatic rings. The van der Waals surface area contributed by atoms with Crippen LogP contribution in [-0.4, -0.2) is 64.6 Å². The Balaban J connectivity index is 1.10. The average Bonchev–Trinajstić information content (AvgIpc) is 3.47. The molecule has 2 aromatic heterocycles. The van der Waals surface area contributed by atoms with E-state index in [9.17, 15) is 4.79 Å². The molecular weight excluding hydrogens is 542 g/mol. The monoisotopic (exact) mass is 577 g/mol. The number of methoxy groups -OCH3 is 1. The van der Waals surface area contributed by atoms with Gasteiger partial charge in [-0.1, -0.05) is 36.4 Å². The van der Waals surface area contributed by atoms with E-state index in [0.29, 0.717) is 35.9 Å². The predicted octanol–water partition coefficient (Wildman–Crippen LogP) is 6.09. The Bertz CT molecular complexity index is 1560. The summed E-state index contributed by atoms with van der Waals surface area (Å²) in [7, 11) is 1.36. The summed E-state index contributed by atoms with van der Waals surface area (Å²) in [4.78, 5) is 30.3. The first-order valence-corrected chi connectivity index (χ1v) is 14.6. The third-order valence-corrected chi connectivity index (χ3v) is 7.99. The largest absolute Gasteiger partial charge is 0.465 e. The maximum absolute atomic E-state index is 11.7. The molecule has 2 saturated heterocycles. The van der Waals surface area contributed by atoms with Gasteiger partial charge in [-0.2, -0.15) is 4.99 Å². The molecular formula is C34H35N5O4. The molecule has 2 aliphatic rings. The van der Waals surface area contributed by atoms with Gasteiger partial charge in [0, 0.05) is 43.6 Å². The number of rotatable bonds is 8. The Kier molecular flexibility index (Phi) is 8.60. The fourth-order valence-corrected chi connectivity index (χ4v) is 5.69. The smallest absolute Gasteiger partial charge is 0.337 e. The Hall–Kier alpha value is -4.76. The highest BCUT2D eigenvalue weighted by Gasteiger charge is 2.39. The number of amidine groups is 1. The minimum absolute atomic E-state index is 0.129. The van der Waals surface area contributed by atoms with Crippen molar-refractivity contribution >= 4 is 17.7 Å². The number of ether oxygens (including phenoxy) is 3. The molecule has 4 heterocycles. The number of aryl methyl sites for hydroxylation is 1. The van der Waals surface area contributed by atoms with Gasteiger partial charge in [-0.05, 0) is 67.3 Å². The third kappa shape index (κ3) is 6.67. The molecule has 2 fully saturated rings. The number of nitrogens with zero attached hydrogens (tertiary/aromatic N) is 5. The molecule has 1 atom stereocenters. The van der Waals surface area contributed by atoms with Crippen LogP contribution >= 0.6 is 0 Å². The fraction of sp³-hybridized carbons (Fsp3) is 0.294. The lowest BCUT2D eigenvalue weighted by Crippen LogP contribution is -2.46. The van der Waals surface area contributed by atoms with E-state index in [2.05, 4.69) is 45.1 Å². The lowest BCUT2D eigenvalue weighted by Gasteiger charge is -2.39. The number of aliphatic imine (C=N–C) groups is 1. The van der Waals surface area contributed by atoms with E-state index in [1.807, 2.05) is 31.2 Å². The second-order valence-corrected chi connectivity index (χ2v) is 10.8. The van der Waals surface area contributed by atoms with Crippen LogP contribution in [0, 0.1) is 6.92 Å². The molecule has 6 rings (SSSR count). The van der Waals surface area contributed by atoms with Gasteiger partial charge >= 0.3 is 5.97 Å². The zero-order chi connectivity index (χ0) is 29.6. The summed E-state index contributed by atoms with van der Waals surface area (Å²) in [5.74, 6) is 0.754. The number of hydrogen-bond donors (Lipinski definition) is 0. The highest BCUT2D eigenvalue weighted by Crippen LogP contribution is 2.34. The Morgan fingerprint density at radius 1 is 1.00 bits per heavy atom. The van der Waals surface area contributed by atoms with Gasteiger partial charge in [0.25, 0.3) is 6.02 Å². The number of carbonyl (C=O) groups excluding carboxylic acids is 1. The van der Waals surface area contributed by atoms with Crippen molar-refractivity contribution in [1.29, 1.82) is 0 Å². The molecule has 43 heavy (non-hydrogen) atoms. The summed E-state index contributed by atoms with van der Waals surface area (Å²) in [5.41, 5.74) is 4.63. The molecule has 9 heteroatoms. The number of carbonyl (C=O) groups is 1. The minimum atomic E-state index is -0.378. The molecule has 0 amide bonds. The van der Waals surface area contributed by atoms with Crippen molar-refractivity contribution in [3.05, 3.63) is 114 Å². The van der Waals surface area contributed by atoms with E-state index < -0.39 is 0 Å². The van der Waals surface area contributed by atoms with Crippen LogP contribution < -0.4 is 4.74 Å². The summed E-state index contributed by atoms with van der Waals surface area (Å²) in [5, 5.41) is 0. The van der Waals surface area contributed by atoms with Crippen LogP contribution in [0.1, 0.15) is 46.1 Å². The molecule has 2 aromatic carbocycles. The maximum atomic E-state index is 11.7. The quantitative estimate of drug-likeness (QED) is 0.233. The summed E-state index contributed by atoms with van der Waals surface area (Å²) in [6.45, 7) is 5.36.